The van der Waals surface area contributed by atoms with Gasteiger partial charge in [0.25, 0.3) is 0 Å². The van der Waals surface area contributed by atoms with Crippen LogP contribution in [-0.2, 0) is 0 Å². The van der Waals surface area contributed by atoms with Gasteiger partial charge in [-0.15, -0.1) is 0 Å². The second kappa shape index (κ2) is 1.46. The third kappa shape index (κ3) is 1.14. The highest BCUT2D eigenvalue weighted by atomic mass is 15.2. The lowest BCUT2D eigenvalue weighted by Gasteiger charge is -2.16. The van der Waals surface area contributed by atoms with Crippen molar-refractivity contribution in [2.75, 3.05) is 13.1 Å². The first-order valence-corrected chi connectivity index (χ1v) is 2.71. The van der Waals surface area contributed by atoms with Crippen LogP contribution in [0.4, 0.5) is 0 Å². The first kappa shape index (κ1) is 5.06. The molecule has 0 aromatic heterocycles. The summed E-state index contributed by atoms with van der Waals surface area (Å²) >= 11 is 0. The van der Waals surface area contributed by atoms with Crippen LogP contribution in [0.2, 0.25) is 0 Å². The zero-order chi connectivity index (χ0) is 5.33. The molecule has 0 aromatic rings. The number of nitrogens with one attached hydrogen (secondary N) is 2. The third-order valence-corrected chi connectivity index (χ3v) is 1.26. The molecular formula is C5H12N2. The summed E-state index contributed by atoms with van der Waals surface area (Å²) in [5, 5.41) is 6.57. The number of hydrogen-bond acceptors (Lipinski definition) is 2. The van der Waals surface area contributed by atoms with E-state index in [1.165, 1.54) is 0 Å². The monoisotopic (exact) mass is 100 g/mol. The van der Waals surface area contributed by atoms with Crippen molar-refractivity contribution in [2.24, 2.45) is 0 Å². The smallest absolute Gasteiger partial charge is 0.0630 e. The van der Waals surface area contributed by atoms with Gasteiger partial charge in [-0.2, -0.15) is 0 Å². The second-order valence-corrected chi connectivity index (χ2v) is 2.48. The molecule has 2 nitrogen and oxygen atoms in total. The van der Waals surface area contributed by atoms with Crippen molar-refractivity contribution in [3.8, 4) is 0 Å². The molecule has 0 saturated carbocycles. The quantitative estimate of drug-likeness (QED) is 0.445. The topological polar surface area (TPSA) is 24.1 Å². The summed E-state index contributed by atoms with van der Waals surface area (Å²) < 4.78 is 0. The molecule has 1 saturated heterocycles. The highest BCUT2D eigenvalue weighted by molar-refractivity contribution is 4.80. The Kier molecular flexibility index (Phi) is 1.05. The van der Waals surface area contributed by atoms with Gasteiger partial charge in [-0.1, -0.05) is 0 Å². The molecule has 1 aliphatic heterocycles. The van der Waals surface area contributed by atoms with E-state index in [-0.39, 0.29) is 5.66 Å². The van der Waals surface area contributed by atoms with Crippen LogP contribution in [0.5, 0.6) is 0 Å². The van der Waals surface area contributed by atoms with E-state index >= 15 is 0 Å². The molecule has 2 N–H and O–H groups in total. The molecule has 0 unspecified atom stereocenters. The molecule has 0 amide bonds. The Bertz CT molecular complexity index is 60.5. The van der Waals surface area contributed by atoms with E-state index in [1.54, 1.807) is 0 Å². The van der Waals surface area contributed by atoms with E-state index < -0.39 is 0 Å². The van der Waals surface area contributed by atoms with Crippen LogP contribution in [0.25, 0.3) is 0 Å². The summed E-state index contributed by atoms with van der Waals surface area (Å²) in [5.74, 6) is 0. The Morgan fingerprint density at radius 1 is 1.14 bits per heavy atom. The molecule has 0 radical (unpaired) electrons. The Morgan fingerprint density at radius 3 is 1.71 bits per heavy atom. The standard InChI is InChI=1S/C5H12N2/c1-5(2)6-3-4-7-5/h6-7H,3-4H2,1-2H3. The van der Waals surface area contributed by atoms with E-state index in [0.29, 0.717) is 0 Å². The largest absolute Gasteiger partial charge is 0.299 e. The minimum atomic E-state index is 0.194. The van der Waals surface area contributed by atoms with Crippen molar-refractivity contribution in [1.82, 2.24) is 10.6 Å². The van der Waals surface area contributed by atoms with Crippen LogP contribution >= 0.6 is 0 Å². The summed E-state index contributed by atoms with van der Waals surface area (Å²) in [6.45, 7) is 6.49. The van der Waals surface area contributed by atoms with Crippen molar-refractivity contribution in [3.05, 3.63) is 0 Å². The molecule has 0 atom stereocenters. The van der Waals surface area contributed by atoms with Gasteiger partial charge < -0.3 is 0 Å². The highest BCUT2D eigenvalue weighted by Gasteiger charge is 2.19. The molecule has 0 aromatic carbocycles. The van der Waals surface area contributed by atoms with E-state index in [2.05, 4.69) is 24.5 Å². The van der Waals surface area contributed by atoms with Crippen molar-refractivity contribution in [3.63, 3.8) is 0 Å². The Balaban J connectivity index is 2.40. The van der Waals surface area contributed by atoms with Crippen molar-refractivity contribution in [2.45, 2.75) is 19.5 Å². The van der Waals surface area contributed by atoms with Gasteiger partial charge in [0.2, 0.25) is 0 Å². The van der Waals surface area contributed by atoms with Gasteiger partial charge in [0, 0.05) is 13.1 Å². The molecule has 1 heterocycles. The summed E-state index contributed by atoms with van der Waals surface area (Å²) in [5.41, 5.74) is 0.194. The predicted octanol–water partition coefficient (Wildman–Crippen LogP) is -0.0847. The minimum absolute atomic E-state index is 0.194. The van der Waals surface area contributed by atoms with Crippen molar-refractivity contribution >= 4 is 0 Å². The maximum absolute atomic E-state index is 3.28. The van der Waals surface area contributed by atoms with E-state index in [4.69, 9.17) is 0 Å². The molecular weight excluding hydrogens is 88.1 g/mol. The summed E-state index contributed by atoms with van der Waals surface area (Å²) in [4.78, 5) is 0. The average Bonchev–Trinajstić information content (AvgIpc) is 1.84. The van der Waals surface area contributed by atoms with Gasteiger partial charge in [0.05, 0.1) is 5.66 Å². The highest BCUT2D eigenvalue weighted by Crippen LogP contribution is 1.98. The van der Waals surface area contributed by atoms with Gasteiger partial charge in [0.15, 0.2) is 0 Å². The number of hydrogen-bond donors (Lipinski definition) is 2. The van der Waals surface area contributed by atoms with Crippen LogP contribution in [-0.4, -0.2) is 18.8 Å². The summed E-state index contributed by atoms with van der Waals surface area (Å²) in [6, 6.07) is 0. The maximum Gasteiger partial charge on any atom is 0.0630 e. The average molecular weight is 100 g/mol. The second-order valence-electron chi connectivity index (χ2n) is 2.48. The lowest BCUT2D eigenvalue weighted by Crippen LogP contribution is -2.42. The van der Waals surface area contributed by atoms with Gasteiger partial charge in [-0.05, 0) is 13.8 Å². The fourth-order valence-electron chi connectivity index (χ4n) is 0.812. The molecule has 0 spiro atoms. The molecule has 7 heavy (non-hydrogen) atoms. The summed E-state index contributed by atoms with van der Waals surface area (Å²) in [7, 11) is 0. The van der Waals surface area contributed by atoms with E-state index in [1.807, 2.05) is 0 Å². The molecule has 1 aliphatic rings. The molecule has 2 heteroatoms. The zero-order valence-corrected chi connectivity index (χ0v) is 4.91. The fourth-order valence-corrected chi connectivity index (χ4v) is 0.812. The first-order chi connectivity index (χ1) is 3.21. The first-order valence-electron chi connectivity index (χ1n) is 2.71. The Morgan fingerprint density at radius 2 is 1.57 bits per heavy atom. The van der Waals surface area contributed by atoms with Crippen LogP contribution in [0.15, 0.2) is 0 Å². The Hall–Kier alpha value is -0.0800. The van der Waals surface area contributed by atoms with Gasteiger partial charge >= 0.3 is 0 Å². The fraction of sp³-hybridized carbons (Fsp3) is 1.00. The molecule has 42 valence electrons. The Labute approximate surface area is 44.3 Å². The molecule has 0 aliphatic carbocycles. The van der Waals surface area contributed by atoms with Gasteiger partial charge in [0.1, 0.15) is 0 Å². The van der Waals surface area contributed by atoms with Crippen LogP contribution in [0.3, 0.4) is 0 Å². The van der Waals surface area contributed by atoms with Crippen LogP contribution in [0.1, 0.15) is 13.8 Å². The number of rotatable bonds is 0. The van der Waals surface area contributed by atoms with Crippen molar-refractivity contribution in [1.29, 1.82) is 0 Å². The maximum atomic E-state index is 3.28. The SMILES string of the molecule is CC1(C)NCCN1. The lowest BCUT2D eigenvalue weighted by molar-refractivity contribution is 0.411. The third-order valence-electron chi connectivity index (χ3n) is 1.26. The normalized spacial score (nSPS) is 28.3. The zero-order valence-electron chi connectivity index (χ0n) is 4.91. The molecule has 0 bridgehead atoms. The van der Waals surface area contributed by atoms with Gasteiger partial charge in [-0.25, -0.2) is 0 Å². The summed E-state index contributed by atoms with van der Waals surface area (Å²) in [6.07, 6.45) is 0. The van der Waals surface area contributed by atoms with Gasteiger partial charge in [-0.3, -0.25) is 10.6 Å². The molecule has 1 rings (SSSR count). The van der Waals surface area contributed by atoms with E-state index in [9.17, 15) is 0 Å². The minimum Gasteiger partial charge on any atom is -0.299 e. The van der Waals surface area contributed by atoms with E-state index in [0.717, 1.165) is 13.1 Å². The lowest BCUT2D eigenvalue weighted by atomic mass is 10.3. The molecule has 1 fully saturated rings. The van der Waals surface area contributed by atoms with Crippen LogP contribution < -0.4 is 10.6 Å². The predicted molar refractivity (Wildman–Crippen MR) is 30.1 cm³/mol. The van der Waals surface area contributed by atoms with Crippen molar-refractivity contribution < 1.29 is 0 Å². The van der Waals surface area contributed by atoms with Crippen LogP contribution in [0, 0.1) is 0 Å².